The van der Waals surface area contributed by atoms with E-state index in [-0.39, 0.29) is 0 Å². The molecule has 0 saturated carbocycles. The molecule has 1 saturated heterocycles. The molecule has 6 nitrogen and oxygen atoms in total. The lowest BCUT2D eigenvalue weighted by molar-refractivity contribution is 0.251. The minimum Gasteiger partial charge on any atom is -0.497 e. The van der Waals surface area contributed by atoms with Crippen LogP contribution in [0.4, 0.5) is 5.95 Å². The zero-order valence-electron chi connectivity index (χ0n) is 18.9. The highest BCUT2D eigenvalue weighted by atomic mass is 32.2. The highest BCUT2D eigenvalue weighted by Crippen LogP contribution is 2.46. The van der Waals surface area contributed by atoms with Gasteiger partial charge in [0.2, 0.25) is 5.95 Å². The van der Waals surface area contributed by atoms with Crippen molar-refractivity contribution in [3.63, 3.8) is 0 Å². The van der Waals surface area contributed by atoms with Crippen molar-refractivity contribution < 1.29 is 4.74 Å². The van der Waals surface area contributed by atoms with Gasteiger partial charge in [-0.2, -0.15) is 3.71 Å². The summed E-state index contributed by atoms with van der Waals surface area (Å²) in [7, 11) is 1.68. The molecule has 1 aromatic heterocycles. The summed E-state index contributed by atoms with van der Waals surface area (Å²) in [5.74, 6) is 1.68. The molecule has 0 N–H and O–H groups in total. The van der Waals surface area contributed by atoms with Crippen LogP contribution in [0.1, 0.15) is 12.8 Å². The summed E-state index contributed by atoms with van der Waals surface area (Å²) in [6, 6.07) is 16.7. The third-order valence-corrected chi connectivity index (χ3v) is 8.49. The van der Waals surface area contributed by atoms with E-state index in [2.05, 4.69) is 47.7 Å². The third kappa shape index (κ3) is 5.63. The molecule has 0 unspecified atom stereocenters. The first-order valence-corrected chi connectivity index (χ1v) is 13.0. The van der Waals surface area contributed by atoms with Crippen molar-refractivity contribution in [1.82, 2.24) is 18.6 Å². The average Bonchev–Trinajstić information content (AvgIpc) is 3.30. The van der Waals surface area contributed by atoms with Gasteiger partial charge in [-0.15, -0.1) is 0 Å². The Morgan fingerprint density at radius 2 is 1.42 bits per heavy atom. The van der Waals surface area contributed by atoms with E-state index in [1.165, 1.54) is 29.2 Å². The van der Waals surface area contributed by atoms with Gasteiger partial charge in [-0.05, 0) is 73.1 Å². The fourth-order valence-corrected chi connectivity index (χ4v) is 6.42. The van der Waals surface area contributed by atoms with Gasteiger partial charge >= 0.3 is 0 Å². The lowest BCUT2D eigenvalue weighted by Gasteiger charge is -2.34. The summed E-state index contributed by atoms with van der Waals surface area (Å²) >= 11 is 3.76. The Hall–Kier alpha value is -2.26. The number of nitrogens with zero attached hydrogens (tertiary/aromatic N) is 5. The number of rotatable bonds is 8. The van der Waals surface area contributed by atoms with Gasteiger partial charge in [0.15, 0.2) is 0 Å². The molecule has 2 aliphatic heterocycles. The van der Waals surface area contributed by atoms with Crippen LogP contribution in [-0.4, -0.2) is 65.0 Å². The lowest BCUT2D eigenvalue weighted by atomic mass is 10.1. The van der Waals surface area contributed by atoms with Crippen LogP contribution < -0.4 is 9.64 Å². The van der Waals surface area contributed by atoms with Crippen molar-refractivity contribution in [2.24, 2.45) is 0 Å². The Morgan fingerprint density at radius 3 is 2.06 bits per heavy atom. The molecule has 0 aliphatic carbocycles. The summed E-state index contributed by atoms with van der Waals surface area (Å²) in [6.45, 7) is 6.40. The maximum atomic E-state index is 5.23. The van der Waals surface area contributed by atoms with Gasteiger partial charge < -0.3 is 9.64 Å². The van der Waals surface area contributed by atoms with E-state index in [1.807, 2.05) is 60.6 Å². The molecule has 0 radical (unpaired) electrons. The van der Waals surface area contributed by atoms with Crippen molar-refractivity contribution in [2.75, 3.05) is 51.3 Å². The van der Waals surface area contributed by atoms with Crippen LogP contribution in [-0.2, 0) is 0 Å². The molecular formula is C25H29N5OS2. The molecular weight excluding hydrogens is 450 g/mol. The van der Waals surface area contributed by atoms with Crippen LogP contribution in [0.2, 0.25) is 0 Å². The van der Waals surface area contributed by atoms with Crippen molar-refractivity contribution in [3.8, 4) is 16.9 Å². The quantitative estimate of drug-likeness (QED) is 0.327. The van der Waals surface area contributed by atoms with Crippen LogP contribution in [0, 0.1) is 0 Å². The van der Waals surface area contributed by atoms with Gasteiger partial charge in [0, 0.05) is 60.5 Å². The number of unbranched alkanes of at least 4 members (excludes halogenated alkanes) is 1. The molecule has 5 rings (SSSR count). The van der Waals surface area contributed by atoms with E-state index >= 15 is 0 Å². The number of piperazine rings is 1. The van der Waals surface area contributed by atoms with Crippen LogP contribution in [0.5, 0.6) is 5.75 Å². The topological polar surface area (TPSA) is 44.7 Å². The number of hydrogen-bond donors (Lipinski definition) is 0. The number of anilines is 1. The fourth-order valence-electron chi connectivity index (χ4n) is 4.10. The first kappa shape index (κ1) is 22.5. The van der Waals surface area contributed by atoms with Crippen molar-refractivity contribution in [3.05, 3.63) is 60.9 Å². The van der Waals surface area contributed by atoms with E-state index in [0.717, 1.165) is 55.5 Å². The van der Waals surface area contributed by atoms with E-state index in [9.17, 15) is 0 Å². The van der Waals surface area contributed by atoms with Crippen molar-refractivity contribution >= 4 is 29.8 Å². The second-order valence-corrected chi connectivity index (χ2v) is 10.6. The Morgan fingerprint density at radius 1 is 0.788 bits per heavy atom. The minimum atomic E-state index is 0.828. The number of hydrogen-bond acceptors (Lipinski definition) is 8. The predicted octanol–water partition coefficient (Wildman–Crippen LogP) is 5.08. The number of benzene rings is 2. The number of aromatic nitrogens is 2. The zero-order chi connectivity index (χ0) is 22.5. The minimum absolute atomic E-state index is 0.828. The molecule has 3 heterocycles. The van der Waals surface area contributed by atoms with Crippen LogP contribution in [0.3, 0.4) is 0 Å². The molecule has 33 heavy (non-hydrogen) atoms. The van der Waals surface area contributed by atoms with Gasteiger partial charge in [0.25, 0.3) is 0 Å². The van der Waals surface area contributed by atoms with Gasteiger partial charge in [0.1, 0.15) is 5.75 Å². The predicted molar refractivity (Wildman–Crippen MR) is 137 cm³/mol. The highest BCUT2D eigenvalue weighted by Gasteiger charge is 2.21. The standard InChI is InChI=1S/C25H29N5OS2/c1-31-22-10-8-20(9-11-22)21-18-26-25(27-19-21)29-16-14-28(15-17-29)12-4-5-13-30-32-23-6-2-3-7-24(23)33-30/h2-3,6-11,18-19H,4-5,12-17H2,1H3. The molecule has 2 aliphatic rings. The van der Waals surface area contributed by atoms with Crippen LogP contribution in [0.25, 0.3) is 11.1 Å². The lowest BCUT2D eigenvalue weighted by Crippen LogP contribution is -2.47. The number of fused-ring (bicyclic) bond motifs is 1. The monoisotopic (exact) mass is 479 g/mol. The van der Waals surface area contributed by atoms with Crippen molar-refractivity contribution in [1.29, 1.82) is 0 Å². The van der Waals surface area contributed by atoms with Gasteiger partial charge in [-0.1, -0.05) is 24.3 Å². The maximum Gasteiger partial charge on any atom is 0.225 e. The summed E-state index contributed by atoms with van der Waals surface area (Å²) < 4.78 is 7.64. The second-order valence-electron chi connectivity index (χ2n) is 8.22. The molecule has 0 amide bonds. The van der Waals surface area contributed by atoms with Gasteiger partial charge in [-0.25, -0.2) is 9.97 Å². The Kier molecular flexibility index (Phi) is 7.36. The summed E-state index contributed by atoms with van der Waals surface area (Å²) in [5, 5.41) is 0. The molecule has 3 aromatic rings. The molecule has 2 aromatic carbocycles. The van der Waals surface area contributed by atoms with E-state index < -0.39 is 0 Å². The van der Waals surface area contributed by atoms with E-state index in [1.54, 1.807) is 7.11 Å². The smallest absolute Gasteiger partial charge is 0.225 e. The average molecular weight is 480 g/mol. The normalized spacial score (nSPS) is 16.7. The summed E-state index contributed by atoms with van der Waals surface area (Å²) in [5.41, 5.74) is 2.12. The number of ether oxygens (including phenoxy) is 1. The Balaban J connectivity index is 1.03. The largest absolute Gasteiger partial charge is 0.497 e. The van der Waals surface area contributed by atoms with Crippen LogP contribution in [0.15, 0.2) is 70.7 Å². The maximum absolute atomic E-state index is 5.23. The second kappa shape index (κ2) is 10.8. The van der Waals surface area contributed by atoms with Gasteiger partial charge in [-0.3, -0.25) is 4.90 Å². The van der Waals surface area contributed by atoms with Crippen molar-refractivity contribution in [2.45, 2.75) is 22.6 Å². The highest BCUT2D eigenvalue weighted by molar-refractivity contribution is 8.14. The molecule has 8 heteroatoms. The molecule has 0 atom stereocenters. The number of methoxy groups -OCH3 is 1. The van der Waals surface area contributed by atoms with E-state index in [4.69, 9.17) is 4.74 Å². The first-order valence-electron chi connectivity index (χ1n) is 11.4. The third-order valence-electron chi connectivity index (χ3n) is 6.03. The molecule has 1 fully saturated rings. The summed E-state index contributed by atoms with van der Waals surface area (Å²) in [6.07, 6.45) is 6.30. The summed E-state index contributed by atoms with van der Waals surface area (Å²) in [4.78, 5) is 16.9. The van der Waals surface area contributed by atoms with Crippen LogP contribution >= 0.6 is 23.9 Å². The molecule has 172 valence electrons. The SMILES string of the molecule is COc1ccc(-c2cnc(N3CCN(CCCCN4Sc5ccccc5S4)CC3)nc2)cc1. The zero-order valence-corrected chi connectivity index (χ0v) is 20.5. The van der Waals surface area contributed by atoms with E-state index in [0.29, 0.717) is 0 Å². The Labute approximate surface area is 204 Å². The van der Waals surface area contributed by atoms with Gasteiger partial charge in [0.05, 0.1) is 7.11 Å². The molecule has 0 spiro atoms. The fraction of sp³-hybridized carbons (Fsp3) is 0.360. The molecule has 0 bridgehead atoms. The first-order chi connectivity index (χ1) is 16.3. The Bertz CT molecular complexity index is 1010.